The van der Waals surface area contributed by atoms with Gasteiger partial charge in [0.05, 0.1) is 6.54 Å². The van der Waals surface area contributed by atoms with Crippen LogP contribution >= 0.6 is 0 Å². The monoisotopic (exact) mass is 292 g/mol. The highest BCUT2D eigenvalue weighted by atomic mass is 16.5. The van der Waals surface area contributed by atoms with E-state index in [0.717, 1.165) is 12.8 Å². The van der Waals surface area contributed by atoms with Crippen molar-refractivity contribution in [3.05, 3.63) is 18.1 Å². The Bertz CT molecular complexity index is 521. The Kier molecular flexibility index (Phi) is 5.21. The fourth-order valence-corrected chi connectivity index (χ4v) is 2.33. The number of carbonyl (C=O) groups excluding carboxylic acids is 2. The van der Waals surface area contributed by atoms with Crippen molar-refractivity contribution in [3.63, 3.8) is 0 Å². The molecule has 1 saturated heterocycles. The third-order valence-electron chi connectivity index (χ3n) is 3.39. The van der Waals surface area contributed by atoms with Crippen LogP contribution in [0.1, 0.15) is 25.1 Å². The van der Waals surface area contributed by atoms with Crippen molar-refractivity contribution in [2.45, 2.75) is 32.3 Å². The third-order valence-corrected chi connectivity index (χ3v) is 3.39. The highest BCUT2D eigenvalue weighted by molar-refractivity contribution is 5.94. The summed E-state index contributed by atoms with van der Waals surface area (Å²) in [5, 5.41) is 2.68. The van der Waals surface area contributed by atoms with E-state index in [1.54, 1.807) is 24.1 Å². The molecule has 21 heavy (non-hydrogen) atoms. The number of hydrogen-bond donors (Lipinski definition) is 1. The van der Waals surface area contributed by atoms with Gasteiger partial charge in [0.1, 0.15) is 17.7 Å². The van der Waals surface area contributed by atoms with Gasteiger partial charge in [-0.1, -0.05) is 0 Å². The molecule has 1 atom stereocenters. The molecule has 1 aromatic heterocycles. The van der Waals surface area contributed by atoms with Gasteiger partial charge < -0.3 is 15.0 Å². The minimum Gasteiger partial charge on any atom is -0.372 e. The molecule has 7 heteroatoms. The lowest BCUT2D eigenvalue weighted by molar-refractivity contribution is -0.143. The van der Waals surface area contributed by atoms with Gasteiger partial charge in [-0.05, 0) is 32.3 Å². The molecular formula is C14H20N4O3. The fourth-order valence-electron chi connectivity index (χ4n) is 2.33. The second kappa shape index (κ2) is 7.12. The van der Waals surface area contributed by atoms with Gasteiger partial charge in [-0.25, -0.2) is 9.97 Å². The molecule has 2 amide bonds. The summed E-state index contributed by atoms with van der Waals surface area (Å²) in [6, 6.07) is 1.62. The maximum atomic E-state index is 12.2. The van der Waals surface area contributed by atoms with E-state index in [9.17, 15) is 9.59 Å². The molecule has 1 aliphatic heterocycles. The van der Waals surface area contributed by atoms with E-state index in [1.807, 2.05) is 0 Å². The van der Waals surface area contributed by atoms with Crippen LogP contribution in [0.5, 0.6) is 0 Å². The van der Waals surface area contributed by atoms with Crippen LogP contribution in [-0.2, 0) is 14.3 Å². The summed E-state index contributed by atoms with van der Waals surface area (Å²) in [5.41, 5.74) is 0. The summed E-state index contributed by atoms with van der Waals surface area (Å²) >= 11 is 0. The summed E-state index contributed by atoms with van der Waals surface area (Å²) in [5.74, 6) is 0.637. The molecule has 0 aromatic carbocycles. The molecule has 1 aromatic rings. The Morgan fingerprint density at radius 3 is 3.05 bits per heavy atom. The maximum absolute atomic E-state index is 12.2. The lowest BCUT2D eigenvalue weighted by Gasteiger charge is -2.22. The molecule has 0 bridgehead atoms. The highest BCUT2D eigenvalue weighted by Crippen LogP contribution is 2.14. The van der Waals surface area contributed by atoms with Crippen LogP contribution in [0, 0.1) is 6.92 Å². The number of anilines is 1. The van der Waals surface area contributed by atoms with E-state index >= 15 is 0 Å². The first-order valence-electron chi connectivity index (χ1n) is 7.01. The zero-order chi connectivity index (χ0) is 15.2. The van der Waals surface area contributed by atoms with Crippen LogP contribution in [0.2, 0.25) is 0 Å². The number of ether oxygens (including phenoxy) is 1. The topological polar surface area (TPSA) is 84.4 Å². The first-order valence-corrected chi connectivity index (χ1v) is 7.01. The van der Waals surface area contributed by atoms with E-state index in [2.05, 4.69) is 15.3 Å². The Morgan fingerprint density at radius 2 is 2.33 bits per heavy atom. The van der Waals surface area contributed by atoms with Crippen molar-refractivity contribution < 1.29 is 14.3 Å². The van der Waals surface area contributed by atoms with E-state index < -0.39 is 6.10 Å². The van der Waals surface area contributed by atoms with Crippen LogP contribution in [0.4, 0.5) is 5.82 Å². The second-order valence-corrected chi connectivity index (χ2v) is 5.02. The van der Waals surface area contributed by atoms with Crippen molar-refractivity contribution in [1.82, 2.24) is 14.9 Å². The smallest absolute Gasteiger partial charge is 0.252 e. The first kappa shape index (κ1) is 15.4. The van der Waals surface area contributed by atoms with Crippen LogP contribution in [0.15, 0.2) is 12.3 Å². The van der Waals surface area contributed by atoms with E-state index in [-0.39, 0.29) is 18.4 Å². The number of aryl methyl sites for hydroxylation is 1. The van der Waals surface area contributed by atoms with Crippen LogP contribution in [0.3, 0.4) is 0 Å². The molecule has 0 radical (unpaired) electrons. The van der Waals surface area contributed by atoms with Crippen LogP contribution in [0.25, 0.3) is 0 Å². The van der Waals surface area contributed by atoms with Crippen LogP contribution in [-0.4, -0.2) is 53.0 Å². The quantitative estimate of drug-likeness (QED) is 0.885. The van der Waals surface area contributed by atoms with Gasteiger partial charge in [0.2, 0.25) is 5.91 Å². The van der Waals surface area contributed by atoms with E-state index in [4.69, 9.17) is 4.74 Å². The van der Waals surface area contributed by atoms with Crippen LogP contribution < -0.4 is 5.32 Å². The number of nitrogens with zero attached hydrogens (tertiary/aromatic N) is 3. The van der Waals surface area contributed by atoms with Crippen molar-refractivity contribution in [3.8, 4) is 0 Å². The lowest BCUT2D eigenvalue weighted by atomic mass is 10.2. The third kappa shape index (κ3) is 4.22. The second-order valence-electron chi connectivity index (χ2n) is 5.02. The molecule has 114 valence electrons. The molecule has 1 aliphatic rings. The van der Waals surface area contributed by atoms with Gasteiger partial charge in [-0.2, -0.15) is 0 Å². The molecule has 0 saturated carbocycles. The lowest BCUT2D eigenvalue weighted by Crippen LogP contribution is -2.43. The predicted octanol–water partition coefficient (Wildman–Crippen LogP) is 0.751. The number of nitrogens with one attached hydrogen (secondary N) is 1. The predicted molar refractivity (Wildman–Crippen MR) is 76.6 cm³/mol. The maximum Gasteiger partial charge on any atom is 0.252 e. The van der Waals surface area contributed by atoms with Gasteiger partial charge in [0.25, 0.3) is 5.91 Å². The Balaban J connectivity index is 1.96. The average Bonchev–Trinajstić information content (AvgIpc) is 2.61. The molecule has 2 rings (SSSR count). The molecule has 1 N–H and O–H groups in total. The number of hydrogen-bond acceptors (Lipinski definition) is 5. The Labute approximate surface area is 123 Å². The number of amides is 2. The number of rotatable bonds is 4. The molecular weight excluding hydrogens is 272 g/mol. The fraction of sp³-hybridized carbons (Fsp3) is 0.571. The highest BCUT2D eigenvalue weighted by Gasteiger charge is 2.27. The van der Waals surface area contributed by atoms with Crippen molar-refractivity contribution >= 4 is 17.6 Å². The van der Waals surface area contributed by atoms with E-state index in [0.29, 0.717) is 24.6 Å². The summed E-state index contributed by atoms with van der Waals surface area (Å²) < 4.78 is 5.19. The summed E-state index contributed by atoms with van der Waals surface area (Å²) in [4.78, 5) is 33.9. The Morgan fingerprint density at radius 1 is 1.52 bits per heavy atom. The summed E-state index contributed by atoms with van der Waals surface area (Å²) in [6.07, 6.45) is 3.65. The normalized spacial score (nSPS) is 19.2. The number of methoxy groups -OCH3 is 1. The van der Waals surface area contributed by atoms with Crippen molar-refractivity contribution in [2.24, 2.45) is 0 Å². The largest absolute Gasteiger partial charge is 0.372 e. The SMILES string of the molecule is COC1CCCCN(CC(=O)Nc2ccnc(C)n2)C1=O. The molecule has 2 heterocycles. The Hall–Kier alpha value is -2.02. The van der Waals surface area contributed by atoms with E-state index in [1.165, 1.54) is 7.11 Å². The minimum atomic E-state index is -0.443. The number of carbonyl (C=O) groups is 2. The number of aromatic nitrogens is 2. The van der Waals surface area contributed by atoms with Gasteiger partial charge >= 0.3 is 0 Å². The van der Waals surface area contributed by atoms with Gasteiger partial charge in [-0.3, -0.25) is 9.59 Å². The molecule has 0 aliphatic carbocycles. The van der Waals surface area contributed by atoms with Gasteiger partial charge in [-0.15, -0.1) is 0 Å². The molecule has 1 fully saturated rings. The van der Waals surface area contributed by atoms with Crippen molar-refractivity contribution in [1.29, 1.82) is 0 Å². The molecule has 7 nitrogen and oxygen atoms in total. The molecule has 0 spiro atoms. The first-order chi connectivity index (χ1) is 10.1. The van der Waals surface area contributed by atoms with Gasteiger partial charge in [0.15, 0.2) is 0 Å². The zero-order valence-electron chi connectivity index (χ0n) is 12.3. The van der Waals surface area contributed by atoms with Crippen molar-refractivity contribution in [2.75, 3.05) is 25.5 Å². The standard InChI is InChI=1S/C14H20N4O3/c1-10-15-7-6-12(16-10)17-13(19)9-18-8-4-3-5-11(21-2)14(18)20/h6-7,11H,3-5,8-9H2,1-2H3,(H,15,16,17,19). The summed E-state index contributed by atoms with van der Waals surface area (Å²) in [7, 11) is 1.52. The zero-order valence-corrected chi connectivity index (χ0v) is 12.3. The average molecular weight is 292 g/mol. The summed E-state index contributed by atoms with van der Waals surface area (Å²) in [6.45, 7) is 2.34. The number of likely N-dealkylation sites (tertiary alicyclic amines) is 1. The van der Waals surface area contributed by atoms with Gasteiger partial charge in [0, 0.05) is 19.9 Å². The minimum absolute atomic E-state index is 0.0156. The molecule has 1 unspecified atom stereocenters.